The summed E-state index contributed by atoms with van der Waals surface area (Å²) in [5.41, 5.74) is 1.74. The second kappa shape index (κ2) is 12.2. The smallest absolute Gasteiger partial charge is 0.152 e. The lowest BCUT2D eigenvalue weighted by Gasteiger charge is -2.30. The van der Waals surface area contributed by atoms with Crippen LogP contribution in [0.15, 0.2) is 35.6 Å². The van der Waals surface area contributed by atoms with Gasteiger partial charge >= 0.3 is 0 Å². The predicted molar refractivity (Wildman–Crippen MR) is 133 cm³/mol. The molecule has 0 aromatic carbocycles. The number of aliphatic imine (C=N–C) groups is 1. The average molecular weight is 481 g/mol. The molecule has 2 fully saturated rings. The molecule has 3 heterocycles. The molecule has 0 unspecified atom stereocenters. The van der Waals surface area contributed by atoms with E-state index in [0.717, 1.165) is 37.9 Å². The monoisotopic (exact) mass is 480 g/mol. The largest absolute Gasteiger partial charge is 0.383 e. The first-order valence-corrected chi connectivity index (χ1v) is 12.2. The molecule has 0 amide bonds. The van der Waals surface area contributed by atoms with Gasteiger partial charge in [0.15, 0.2) is 5.82 Å². The lowest BCUT2D eigenvalue weighted by atomic mass is 9.82. The molecule has 1 saturated carbocycles. The number of hydrogen-bond donors (Lipinski definition) is 2. The predicted octanol–water partition coefficient (Wildman–Crippen LogP) is 4.27. The third-order valence-corrected chi connectivity index (χ3v) is 6.78. The van der Waals surface area contributed by atoms with E-state index in [1.54, 1.807) is 31.5 Å². The second-order valence-corrected chi connectivity index (χ2v) is 9.21. The fourth-order valence-corrected chi connectivity index (χ4v) is 4.55. The van der Waals surface area contributed by atoms with Crippen molar-refractivity contribution < 1.29 is 13.9 Å². The zero-order chi connectivity index (χ0) is 24.5. The Balaban J connectivity index is 1.42. The highest BCUT2D eigenvalue weighted by molar-refractivity contribution is 5.87. The SMILES string of the molecule is COCCNC1CCC(=Nc2cc(-c3ccnc(NCC4(C#N)CCOCC4)c3)c(F)cn2)CC1. The van der Waals surface area contributed by atoms with Crippen molar-refractivity contribution >= 4 is 17.3 Å². The van der Waals surface area contributed by atoms with Crippen LogP contribution in [-0.4, -0.2) is 61.7 Å². The number of ether oxygens (including phenoxy) is 2. The summed E-state index contributed by atoms with van der Waals surface area (Å²) in [5.74, 6) is 0.709. The van der Waals surface area contributed by atoms with Crippen LogP contribution >= 0.6 is 0 Å². The van der Waals surface area contributed by atoms with E-state index in [1.165, 1.54) is 6.20 Å². The van der Waals surface area contributed by atoms with E-state index in [2.05, 4.69) is 26.7 Å². The molecule has 8 nitrogen and oxygen atoms in total. The molecule has 1 saturated heterocycles. The molecule has 0 spiro atoms. The molecular weight excluding hydrogens is 447 g/mol. The molecule has 2 aromatic heterocycles. The van der Waals surface area contributed by atoms with Gasteiger partial charge in [-0.3, -0.25) is 0 Å². The summed E-state index contributed by atoms with van der Waals surface area (Å²) in [5, 5.41) is 16.4. The standard InChI is InChI=1S/C26H33FN6O2/c1-34-13-10-29-20-2-4-21(5-3-20)33-25-15-22(23(27)16-31-25)19-6-9-30-24(14-19)32-18-26(17-28)7-11-35-12-8-26/h6,9,14-16,20,29H,2-5,7-8,10-13,18H2,1H3,(H,30,32). The first-order valence-electron chi connectivity index (χ1n) is 12.2. The number of nitriles is 1. The fourth-order valence-electron chi connectivity index (χ4n) is 4.55. The van der Waals surface area contributed by atoms with Crippen LogP contribution in [0.2, 0.25) is 0 Å². The van der Waals surface area contributed by atoms with Gasteiger partial charge in [-0.05, 0) is 62.3 Å². The third-order valence-electron chi connectivity index (χ3n) is 6.78. The fraction of sp³-hybridized carbons (Fsp3) is 0.538. The van der Waals surface area contributed by atoms with E-state index in [9.17, 15) is 9.65 Å². The number of methoxy groups -OCH3 is 1. The summed E-state index contributed by atoms with van der Waals surface area (Å²) >= 11 is 0. The highest BCUT2D eigenvalue weighted by Gasteiger charge is 2.32. The summed E-state index contributed by atoms with van der Waals surface area (Å²) in [6.07, 6.45) is 8.07. The second-order valence-electron chi connectivity index (χ2n) is 9.21. The summed E-state index contributed by atoms with van der Waals surface area (Å²) < 4.78 is 25.2. The Morgan fingerprint density at radius 3 is 2.80 bits per heavy atom. The maximum absolute atomic E-state index is 14.7. The van der Waals surface area contributed by atoms with Crippen LogP contribution in [0, 0.1) is 22.6 Å². The number of halogens is 1. The van der Waals surface area contributed by atoms with Gasteiger partial charge in [0.1, 0.15) is 11.6 Å². The Morgan fingerprint density at radius 2 is 2.06 bits per heavy atom. The van der Waals surface area contributed by atoms with Crippen LogP contribution in [0.1, 0.15) is 38.5 Å². The van der Waals surface area contributed by atoms with Crippen LogP contribution in [0.3, 0.4) is 0 Å². The molecule has 1 aliphatic carbocycles. The highest BCUT2D eigenvalue weighted by atomic mass is 19.1. The number of hydrogen-bond acceptors (Lipinski definition) is 8. The molecule has 0 bridgehead atoms. The molecule has 0 radical (unpaired) electrons. The Labute approximate surface area is 206 Å². The van der Waals surface area contributed by atoms with Crippen LogP contribution in [-0.2, 0) is 9.47 Å². The van der Waals surface area contributed by atoms with Gasteiger partial charge in [0, 0.05) is 56.9 Å². The average Bonchev–Trinajstić information content (AvgIpc) is 2.90. The van der Waals surface area contributed by atoms with E-state index in [1.807, 2.05) is 0 Å². The number of aromatic nitrogens is 2. The van der Waals surface area contributed by atoms with Gasteiger partial charge in [0.25, 0.3) is 0 Å². The molecule has 0 atom stereocenters. The maximum Gasteiger partial charge on any atom is 0.152 e. The molecule has 2 aromatic rings. The number of nitrogens with zero attached hydrogens (tertiary/aromatic N) is 4. The van der Waals surface area contributed by atoms with Crippen molar-refractivity contribution in [2.45, 2.75) is 44.6 Å². The first kappa shape index (κ1) is 25.2. The number of anilines is 1. The molecule has 9 heteroatoms. The van der Waals surface area contributed by atoms with Crippen molar-refractivity contribution in [3.63, 3.8) is 0 Å². The van der Waals surface area contributed by atoms with Crippen LogP contribution in [0.5, 0.6) is 0 Å². The first-order chi connectivity index (χ1) is 17.1. The van der Waals surface area contributed by atoms with Crippen molar-refractivity contribution in [1.29, 1.82) is 5.26 Å². The minimum absolute atomic E-state index is 0.407. The third kappa shape index (κ3) is 6.82. The summed E-state index contributed by atoms with van der Waals surface area (Å²) in [4.78, 5) is 13.3. The van der Waals surface area contributed by atoms with Gasteiger partial charge in [-0.1, -0.05) is 0 Å². The Bertz CT molecular complexity index is 1050. The van der Waals surface area contributed by atoms with Gasteiger partial charge in [0.05, 0.1) is 24.3 Å². The van der Waals surface area contributed by atoms with Crippen LogP contribution in [0.25, 0.3) is 11.1 Å². The summed E-state index contributed by atoms with van der Waals surface area (Å²) in [6.45, 7) is 3.20. The van der Waals surface area contributed by atoms with Gasteiger partial charge < -0.3 is 20.1 Å². The van der Waals surface area contributed by atoms with Crippen molar-refractivity contribution in [3.05, 3.63) is 36.4 Å². The lowest BCUT2D eigenvalue weighted by Crippen LogP contribution is -2.35. The van der Waals surface area contributed by atoms with E-state index >= 15 is 0 Å². The maximum atomic E-state index is 14.7. The minimum Gasteiger partial charge on any atom is -0.383 e. The molecule has 35 heavy (non-hydrogen) atoms. The summed E-state index contributed by atoms with van der Waals surface area (Å²) in [7, 11) is 1.71. The zero-order valence-corrected chi connectivity index (χ0v) is 20.2. The van der Waals surface area contributed by atoms with E-state index in [0.29, 0.717) is 68.0 Å². The van der Waals surface area contributed by atoms with E-state index in [-0.39, 0.29) is 0 Å². The minimum atomic E-state index is -0.473. The van der Waals surface area contributed by atoms with Crippen LogP contribution < -0.4 is 10.6 Å². The van der Waals surface area contributed by atoms with E-state index in [4.69, 9.17) is 14.5 Å². The van der Waals surface area contributed by atoms with Crippen molar-refractivity contribution in [2.24, 2.45) is 10.4 Å². The van der Waals surface area contributed by atoms with Crippen molar-refractivity contribution in [2.75, 3.05) is 45.3 Å². The van der Waals surface area contributed by atoms with E-state index < -0.39 is 11.2 Å². The topological polar surface area (TPSA) is 104 Å². The van der Waals surface area contributed by atoms with Crippen molar-refractivity contribution in [3.8, 4) is 17.2 Å². The van der Waals surface area contributed by atoms with Crippen molar-refractivity contribution in [1.82, 2.24) is 15.3 Å². The normalized spacial score (nSPS) is 19.7. The number of pyridine rings is 2. The van der Waals surface area contributed by atoms with Gasteiger partial charge in [-0.25, -0.2) is 19.4 Å². The number of rotatable bonds is 9. The summed E-state index contributed by atoms with van der Waals surface area (Å²) in [6, 6.07) is 8.18. The molecule has 4 rings (SSSR count). The number of nitrogens with one attached hydrogen (secondary N) is 2. The Morgan fingerprint density at radius 1 is 1.26 bits per heavy atom. The Hall–Kier alpha value is -2.93. The quantitative estimate of drug-likeness (QED) is 0.517. The molecular formula is C26H33FN6O2. The highest BCUT2D eigenvalue weighted by Crippen LogP contribution is 2.31. The molecule has 186 valence electrons. The molecule has 1 aliphatic heterocycles. The zero-order valence-electron chi connectivity index (χ0n) is 20.2. The van der Waals surface area contributed by atoms with Gasteiger partial charge in [-0.15, -0.1) is 0 Å². The molecule has 2 aliphatic rings. The van der Waals surface area contributed by atoms with Crippen LogP contribution in [0.4, 0.5) is 16.0 Å². The lowest BCUT2D eigenvalue weighted by molar-refractivity contribution is 0.0455. The van der Waals surface area contributed by atoms with Gasteiger partial charge in [0.2, 0.25) is 0 Å². The van der Waals surface area contributed by atoms with Gasteiger partial charge in [-0.2, -0.15) is 5.26 Å². The molecule has 2 N–H and O–H groups in total. The Kier molecular flexibility index (Phi) is 8.74.